The molecule has 14 heavy (non-hydrogen) atoms. The molecule has 0 fully saturated rings. The molecule has 0 amide bonds. The number of nitrogens with one attached hydrogen (secondary N) is 1. The van der Waals surface area contributed by atoms with Gasteiger partial charge in [0.05, 0.1) is 5.41 Å². The lowest BCUT2D eigenvalue weighted by Gasteiger charge is -2.33. The molecule has 0 aromatic carbocycles. The second-order valence-corrected chi connectivity index (χ2v) is 5.64. The van der Waals surface area contributed by atoms with Crippen molar-refractivity contribution in [1.29, 1.82) is 0 Å². The van der Waals surface area contributed by atoms with Crippen molar-refractivity contribution in [1.82, 2.24) is 5.27 Å². The van der Waals surface area contributed by atoms with Crippen molar-refractivity contribution in [2.45, 2.75) is 46.1 Å². The zero-order valence-electron chi connectivity index (χ0n) is 9.18. The van der Waals surface area contributed by atoms with Gasteiger partial charge in [0.1, 0.15) is 0 Å². The van der Waals surface area contributed by atoms with Gasteiger partial charge in [0.25, 0.3) is 0 Å². The topological polar surface area (TPSA) is 49.9 Å². The molecule has 4 nitrogen and oxygen atoms in total. The summed E-state index contributed by atoms with van der Waals surface area (Å²) in [5, 5.41) is 2.67. The average Bonchev–Trinajstić information content (AvgIpc) is 2.26. The molecule has 0 saturated heterocycles. The fourth-order valence-corrected chi connectivity index (χ4v) is 2.82. The number of aromatic nitrogens is 2. The molecule has 2 heterocycles. The lowest BCUT2D eigenvalue weighted by molar-refractivity contribution is -0.787. The Morgan fingerprint density at radius 3 is 2.64 bits per heavy atom. The van der Waals surface area contributed by atoms with E-state index in [-0.39, 0.29) is 16.5 Å². The summed E-state index contributed by atoms with van der Waals surface area (Å²) < 4.78 is 6.67. The van der Waals surface area contributed by atoms with Gasteiger partial charge in [-0.05, 0) is 25.5 Å². The molecule has 0 radical (unpaired) electrons. The number of H-pyrrole nitrogens is 1. The maximum Gasteiger partial charge on any atom is 0.430 e. The minimum atomic E-state index is -0.231. The van der Waals surface area contributed by atoms with Crippen LogP contribution in [0.1, 0.15) is 39.8 Å². The average molecular weight is 197 g/mol. The van der Waals surface area contributed by atoms with Crippen LogP contribution in [-0.2, 0) is 12.0 Å². The summed E-state index contributed by atoms with van der Waals surface area (Å²) in [6.07, 6.45) is 1.00. The first kappa shape index (κ1) is 9.49. The summed E-state index contributed by atoms with van der Waals surface area (Å²) >= 11 is 0. The molecule has 1 aliphatic heterocycles. The van der Waals surface area contributed by atoms with Crippen LogP contribution in [0.25, 0.3) is 0 Å². The van der Waals surface area contributed by atoms with Crippen LogP contribution in [0.3, 0.4) is 0 Å². The highest BCUT2D eigenvalue weighted by atomic mass is 16.5. The molecule has 0 spiro atoms. The predicted molar refractivity (Wildman–Crippen MR) is 50.9 cm³/mol. The number of aromatic amines is 1. The van der Waals surface area contributed by atoms with Crippen molar-refractivity contribution < 1.29 is 9.20 Å². The van der Waals surface area contributed by atoms with E-state index in [1.165, 1.54) is 0 Å². The highest BCUT2D eigenvalue weighted by Gasteiger charge is 2.48. The molecule has 4 heteroatoms. The second-order valence-electron chi connectivity index (χ2n) is 5.64. The Morgan fingerprint density at radius 1 is 1.36 bits per heavy atom. The Morgan fingerprint density at radius 2 is 2.00 bits per heavy atom. The number of hydrogen-bond acceptors (Lipinski definition) is 2. The van der Waals surface area contributed by atoms with E-state index in [9.17, 15) is 4.79 Å². The van der Waals surface area contributed by atoms with Crippen molar-refractivity contribution in [3.8, 4) is 0 Å². The fraction of sp³-hybridized carbons (Fsp3) is 0.800. The highest BCUT2D eigenvalue weighted by Crippen LogP contribution is 2.37. The molecule has 1 aromatic rings. The molecule has 0 unspecified atom stereocenters. The summed E-state index contributed by atoms with van der Waals surface area (Å²) in [6, 6.07) is 0. The normalized spacial score (nSPS) is 23.1. The lowest BCUT2D eigenvalue weighted by atomic mass is 9.71. The Balaban J connectivity index is 2.60. The molecule has 0 saturated carbocycles. The van der Waals surface area contributed by atoms with Gasteiger partial charge in [0.15, 0.2) is 6.54 Å². The van der Waals surface area contributed by atoms with Gasteiger partial charge in [-0.25, -0.2) is 4.79 Å². The first-order valence-electron chi connectivity index (χ1n) is 4.94. The Bertz CT molecular complexity index is 412. The van der Waals surface area contributed by atoms with E-state index in [0.717, 1.165) is 18.7 Å². The van der Waals surface area contributed by atoms with Gasteiger partial charge >= 0.3 is 11.3 Å². The first-order chi connectivity index (χ1) is 6.32. The van der Waals surface area contributed by atoms with Crippen LogP contribution < -0.4 is 10.3 Å². The van der Waals surface area contributed by atoms with Crippen molar-refractivity contribution in [3.05, 3.63) is 16.1 Å². The van der Waals surface area contributed by atoms with E-state index >= 15 is 0 Å². The summed E-state index contributed by atoms with van der Waals surface area (Å²) in [4.78, 5) is 11.5. The largest absolute Gasteiger partial charge is 0.430 e. The second kappa shape index (κ2) is 2.49. The molecule has 1 N–H and O–H groups in total. The van der Waals surface area contributed by atoms with E-state index in [1.54, 1.807) is 0 Å². The molecule has 0 aliphatic carbocycles. The molecule has 1 aliphatic rings. The SMILES string of the molecule is CC1(C)C[n+]2[nH]oc(=O)c2C(C)(C)C1. The monoisotopic (exact) mass is 197 g/mol. The van der Waals surface area contributed by atoms with Gasteiger partial charge < -0.3 is 0 Å². The van der Waals surface area contributed by atoms with E-state index in [2.05, 4.69) is 33.0 Å². The quantitative estimate of drug-likeness (QED) is 0.630. The van der Waals surface area contributed by atoms with Crippen LogP contribution in [-0.4, -0.2) is 5.27 Å². The molecule has 78 valence electrons. The minimum Gasteiger partial charge on any atom is -0.283 e. The molecular formula is C10H17N2O2+. The van der Waals surface area contributed by atoms with Crippen LogP contribution in [0.2, 0.25) is 0 Å². The summed E-state index contributed by atoms with van der Waals surface area (Å²) in [7, 11) is 0. The third-order valence-corrected chi connectivity index (χ3v) is 2.86. The number of hydrogen-bond donors (Lipinski definition) is 1. The maximum absolute atomic E-state index is 11.5. The van der Waals surface area contributed by atoms with Crippen LogP contribution in [0.4, 0.5) is 0 Å². The first-order valence-corrected chi connectivity index (χ1v) is 4.94. The van der Waals surface area contributed by atoms with Crippen molar-refractivity contribution >= 4 is 0 Å². The predicted octanol–water partition coefficient (Wildman–Crippen LogP) is 0.963. The molecular weight excluding hydrogens is 180 g/mol. The van der Waals surface area contributed by atoms with Crippen molar-refractivity contribution in [2.24, 2.45) is 5.41 Å². The van der Waals surface area contributed by atoms with E-state index in [1.807, 2.05) is 4.68 Å². The molecule has 0 atom stereocenters. The van der Waals surface area contributed by atoms with Gasteiger partial charge in [-0.3, -0.25) is 4.52 Å². The maximum atomic E-state index is 11.5. The third-order valence-electron chi connectivity index (χ3n) is 2.86. The smallest absolute Gasteiger partial charge is 0.283 e. The molecule has 1 aromatic heterocycles. The highest BCUT2D eigenvalue weighted by molar-refractivity contribution is 5.06. The zero-order valence-corrected chi connectivity index (χ0v) is 9.18. The van der Waals surface area contributed by atoms with Crippen molar-refractivity contribution in [2.75, 3.05) is 0 Å². The van der Waals surface area contributed by atoms with Gasteiger partial charge in [-0.2, -0.15) is 0 Å². The van der Waals surface area contributed by atoms with Gasteiger partial charge in [0.2, 0.25) is 0 Å². The van der Waals surface area contributed by atoms with Crippen molar-refractivity contribution in [3.63, 3.8) is 0 Å². The number of nitrogens with zero attached hydrogens (tertiary/aromatic N) is 1. The summed E-state index contributed by atoms with van der Waals surface area (Å²) in [5.41, 5.74) is 0.623. The number of fused-ring (bicyclic) bond motifs is 1. The zero-order chi connectivity index (χ0) is 10.6. The van der Waals surface area contributed by atoms with Gasteiger partial charge in [-0.15, -0.1) is 0 Å². The third kappa shape index (κ3) is 1.29. The number of rotatable bonds is 0. The van der Waals surface area contributed by atoms with E-state index < -0.39 is 0 Å². The Labute approximate surface area is 82.9 Å². The van der Waals surface area contributed by atoms with Gasteiger partial charge in [-0.1, -0.05) is 18.5 Å². The minimum absolute atomic E-state index is 0.109. The molecule has 0 bridgehead atoms. The molecule has 2 rings (SSSR count). The van der Waals surface area contributed by atoms with Crippen LogP contribution in [0.15, 0.2) is 9.32 Å². The summed E-state index contributed by atoms with van der Waals surface area (Å²) in [5.74, 6) is 0. The Kier molecular flexibility index (Phi) is 1.69. The van der Waals surface area contributed by atoms with Crippen LogP contribution >= 0.6 is 0 Å². The Hall–Kier alpha value is -1.06. The van der Waals surface area contributed by atoms with E-state index in [4.69, 9.17) is 4.52 Å². The lowest BCUT2D eigenvalue weighted by Crippen LogP contribution is -2.56. The van der Waals surface area contributed by atoms with Gasteiger partial charge in [0, 0.05) is 5.41 Å². The standard InChI is InChI=1S/C10H16N2O2/c1-9(2)5-10(3,4)7-8(13)14-11-12(7)6-9/h5-6H2,1-4H3/p+1. The van der Waals surface area contributed by atoms with Crippen LogP contribution in [0.5, 0.6) is 0 Å². The van der Waals surface area contributed by atoms with Crippen LogP contribution in [0, 0.1) is 5.41 Å². The van der Waals surface area contributed by atoms with E-state index in [0.29, 0.717) is 0 Å². The fourth-order valence-electron chi connectivity index (χ4n) is 2.82. The summed E-state index contributed by atoms with van der Waals surface area (Å²) in [6.45, 7) is 9.40.